The molecule has 0 aromatic heterocycles. The lowest BCUT2D eigenvalue weighted by molar-refractivity contribution is -0.128. The molecule has 1 aliphatic rings. The zero-order valence-corrected chi connectivity index (χ0v) is 19.1. The molecule has 1 aliphatic heterocycles. The Morgan fingerprint density at radius 2 is 1.81 bits per heavy atom. The largest absolute Gasteiger partial charge is 0.351 e. The average Bonchev–Trinajstić information content (AvgIpc) is 2.73. The van der Waals surface area contributed by atoms with E-state index < -0.39 is 6.04 Å². The average molecular weight is 457 g/mol. The zero-order chi connectivity index (χ0) is 23.1. The van der Waals surface area contributed by atoms with Gasteiger partial charge in [0.05, 0.1) is 0 Å². The number of anilines is 1. The second-order valence-electron chi connectivity index (χ2n) is 8.16. The Bertz CT molecular complexity index is 973. The van der Waals surface area contributed by atoms with Crippen molar-refractivity contribution in [1.82, 2.24) is 15.5 Å². The first-order chi connectivity index (χ1) is 15.3. The van der Waals surface area contributed by atoms with E-state index >= 15 is 0 Å². The van der Waals surface area contributed by atoms with E-state index in [4.69, 9.17) is 11.6 Å². The number of nitrogens with zero attached hydrogens (tertiary/aromatic N) is 1. The van der Waals surface area contributed by atoms with E-state index in [9.17, 15) is 14.4 Å². The maximum Gasteiger partial charge on any atom is 0.321 e. The maximum absolute atomic E-state index is 12.9. The summed E-state index contributed by atoms with van der Waals surface area (Å²) in [5.41, 5.74) is 2.74. The van der Waals surface area contributed by atoms with Crippen molar-refractivity contribution in [2.75, 3.05) is 18.4 Å². The van der Waals surface area contributed by atoms with Crippen molar-refractivity contribution in [3.05, 3.63) is 64.7 Å². The van der Waals surface area contributed by atoms with Gasteiger partial charge in [-0.25, -0.2) is 4.79 Å². The first-order valence-corrected chi connectivity index (χ1v) is 11.1. The number of benzene rings is 2. The van der Waals surface area contributed by atoms with E-state index in [2.05, 4.69) is 16.0 Å². The molecule has 0 aliphatic carbocycles. The zero-order valence-electron chi connectivity index (χ0n) is 18.4. The third kappa shape index (κ3) is 6.99. The third-order valence-corrected chi connectivity index (χ3v) is 5.66. The van der Waals surface area contributed by atoms with E-state index in [-0.39, 0.29) is 23.9 Å². The number of likely N-dealkylation sites (tertiary alicyclic amines) is 1. The Hall–Kier alpha value is -3.06. The molecule has 3 rings (SSSR count). The Morgan fingerprint density at radius 3 is 2.47 bits per heavy atom. The van der Waals surface area contributed by atoms with Crippen LogP contribution in [0.2, 0.25) is 5.02 Å². The van der Waals surface area contributed by atoms with E-state index in [1.807, 2.05) is 31.2 Å². The summed E-state index contributed by atoms with van der Waals surface area (Å²) in [6.07, 6.45) is 1.71. The van der Waals surface area contributed by atoms with Crippen molar-refractivity contribution in [3.63, 3.8) is 0 Å². The van der Waals surface area contributed by atoms with Crippen molar-refractivity contribution in [1.29, 1.82) is 0 Å². The standard InChI is InChI=1S/C24H29ClN4O3/c1-16-5-3-6-18(13-16)14-22(26-17(2)30)23(31)27-20-9-11-29(12-10-20)24(32)28-21-8-4-7-19(25)15-21/h3-8,13,15,20,22H,9-12,14H2,1-2H3,(H,26,30)(H,27,31)(H,28,32)/t22-/m0/s1. The van der Waals surface area contributed by atoms with Crippen LogP contribution in [0, 0.1) is 6.92 Å². The van der Waals surface area contributed by atoms with Crippen LogP contribution in [0.15, 0.2) is 48.5 Å². The molecular weight excluding hydrogens is 428 g/mol. The summed E-state index contributed by atoms with van der Waals surface area (Å²) < 4.78 is 0. The van der Waals surface area contributed by atoms with Crippen molar-refractivity contribution in [2.45, 2.75) is 45.2 Å². The van der Waals surface area contributed by atoms with Gasteiger partial charge in [-0.2, -0.15) is 0 Å². The molecule has 0 bridgehead atoms. The number of rotatable bonds is 6. The highest BCUT2D eigenvalue weighted by molar-refractivity contribution is 6.30. The number of carbonyl (C=O) groups is 3. The van der Waals surface area contributed by atoms with Crippen LogP contribution in [0.25, 0.3) is 0 Å². The van der Waals surface area contributed by atoms with Crippen LogP contribution in [-0.2, 0) is 16.0 Å². The van der Waals surface area contributed by atoms with Gasteiger partial charge < -0.3 is 20.9 Å². The van der Waals surface area contributed by atoms with Gasteiger partial charge in [-0.3, -0.25) is 9.59 Å². The van der Waals surface area contributed by atoms with Crippen LogP contribution in [-0.4, -0.2) is 47.9 Å². The molecule has 8 heteroatoms. The van der Waals surface area contributed by atoms with Gasteiger partial charge in [-0.05, 0) is 43.5 Å². The topological polar surface area (TPSA) is 90.5 Å². The molecule has 0 unspecified atom stereocenters. The Labute approximate surface area is 193 Å². The predicted molar refractivity (Wildman–Crippen MR) is 126 cm³/mol. The lowest BCUT2D eigenvalue weighted by Crippen LogP contribution is -2.53. The van der Waals surface area contributed by atoms with Crippen molar-refractivity contribution in [3.8, 4) is 0 Å². The number of nitrogens with one attached hydrogen (secondary N) is 3. The summed E-state index contributed by atoms with van der Waals surface area (Å²) in [7, 11) is 0. The van der Waals surface area contributed by atoms with Gasteiger partial charge in [0.2, 0.25) is 11.8 Å². The highest BCUT2D eigenvalue weighted by Gasteiger charge is 2.27. The molecule has 2 aromatic carbocycles. The van der Waals surface area contributed by atoms with Gasteiger partial charge in [0.25, 0.3) is 0 Å². The van der Waals surface area contributed by atoms with Crippen LogP contribution < -0.4 is 16.0 Å². The van der Waals surface area contributed by atoms with E-state index in [0.29, 0.717) is 43.1 Å². The minimum atomic E-state index is -0.640. The van der Waals surface area contributed by atoms with Crippen molar-refractivity contribution in [2.24, 2.45) is 0 Å². The Morgan fingerprint density at radius 1 is 1.09 bits per heavy atom. The highest BCUT2D eigenvalue weighted by Crippen LogP contribution is 2.17. The number of hydrogen-bond donors (Lipinski definition) is 3. The molecule has 0 saturated carbocycles. The molecule has 170 valence electrons. The lowest BCUT2D eigenvalue weighted by Gasteiger charge is -2.33. The summed E-state index contributed by atoms with van der Waals surface area (Å²) in [6.45, 7) is 4.46. The second kappa shape index (κ2) is 11.0. The number of amides is 4. The SMILES string of the molecule is CC(=O)N[C@@H](Cc1cccc(C)c1)C(=O)NC1CCN(C(=O)Nc2cccc(Cl)c2)CC1. The van der Waals surface area contributed by atoms with Crippen molar-refractivity contribution >= 4 is 35.1 Å². The van der Waals surface area contributed by atoms with Gasteiger partial charge in [-0.1, -0.05) is 47.5 Å². The first kappa shape index (κ1) is 23.6. The molecular formula is C24H29ClN4O3. The molecule has 3 N–H and O–H groups in total. The molecule has 32 heavy (non-hydrogen) atoms. The van der Waals surface area contributed by atoms with E-state index in [1.165, 1.54) is 6.92 Å². The van der Waals surface area contributed by atoms with Crippen LogP contribution in [0.1, 0.15) is 30.9 Å². The fourth-order valence-corrected chi connectivity index (χ4v) is 4.02. The van der Waals surface area contributed by atoms with Crippen LogP contribution in [0.3, 0.4) is 0 Å². The minimum Gasteiger partial charge on any atom is -0.351 e. The summed E-state index contributed by atoms with van der Waals surface area (Å²) in [4.78, 5) is 38.8. The summed E-state index contributed by atoms with van der Waals surface area (Å²) in [5.74, 6) is -0.450. The van der Waals surface area contributed by atoms with Gasteiger partial charge >= 0.3 is 6.03 Å². The monoisotopic (exact) mass is 456 g/mol. The number of hydrogen-bond acceptors (Lipinski definition) is 3. The predicted octanol–water partition coefficient (Wildman–Crippen LogP) is 3.51. The second-order valence-corrected chi connectivity index (χ2v) is 8.59. The van der Waals surface area contributed by atoms with E-state index in [1.54, 1.807) is 29.2 Å². The maximum atomic E-state index is 12.9. The Kier molecular flexibility index (Phi) is 8.11. The molecule has 1 fully saturated rings. The first-order valence-electron chi connectivity index (χ1n) is 10.7. The number of aryl methyl sites for hydroxylation is 1. The molecule has 1 atom stereocenters. The van der Waals surface area contributed by atoms with Gasteiger partial charge in [0.15, 0.2) is 0 Å². The molecule has 4 amide bonds. The normalized spacial score (nSPS) is 15.0. The van der Waals surface area contributed by atoms with Crippen molar-refractivity contribution < 1.29 is 14.4 Å². The van der Waals surface area contributed by atoms with Crippen LogP contribution in [0.4, 0.5) is 10.5 Å². The highest BCUT2D eigenvalue weighted by atomic mass is 35.5. The third-order valence-electron chi connectivity index (χ3n) is 5.42. The molecule has 1 heterocycles. The summed E-state index contributed by atoms with van der Waals surface area (Å²) in [5, 5.41) is 9.21. The molecule has 0 spiro atoms. The minimum absolute atomic E-state index is 0.0495. The smallest absolute Gasteiger partial charge is 0.321 e. The number of halogens is 1. The van der Waals surface area contributed by atoms with Crippen LogP contribution >= 0.6 is 11.6 Å². The molecule has 1 saturated heterocycles. The fourth-order valence-electron chi connectivity index (χ4n) is 3.83. The van der Waals surface area contributed by atoms with Gasteiger partial charge in [0, 0.05) is 43.2 Å². The lowest BCUT2D eigenvalue weighted by atomic mass is 10.0. The summed E-state index contributed by atoms with van der Waals surface area (Å²) >= 11 is 5.97. The van der Waals surface area contributed by atoms with Gasteiger partial charge in [0.1, 0.15) is 6.04 Å². The quantitative estimate of drug-likeness (QED) is 0.621. The Balaban J connectivity index is 1.52. The fraction of sp³-hybridized carbons (Fsp3) is 0.375. The summed E-state index contributed by atoms with van der Waals surface area (Å²) in [6, 6.07) is 14.0. The molecule has 2 aromatic rings. The van der Waals surface area contributed by atoms with Crippen LogP contribution in [0.5, 0.6) is 0 Å². The number of urea groups is 1. The molecule has 0 radical (unpaired) electrons. The number of piperidine rings is 1. The van der Waals surface area contributed by atoms with Gasteiger partial charge in [-0.15, -0.1) is 0 Å². The number of carbonyl (C=O) groups excluding carboxylic acids is 3. The molecule has 7 nitrogen and oxygen atoms in total. The van der Waals surface area contributed by atoms with E-state index in [0.717, 1.165) is 11.1 Å².